The van der Waals surface area contributed by atoms with Crippen molar-refractivity contribution in [3.63, 3.8) is 0 Å². The van der Waals surface area contributed by atoms with Crippen molar-refractivity contribution in [2.45, 2.75) is 18.9 Å². The summed E-state index contributed by atoms with van der Waals surface area (Å²) in [5.41, 5.74) is 0.377. The van der Waals surface area contributed by atoms with Gasteiger partial charge in [-0.25, -0.2) is 4.39 Å². The van der Waals surface area contributed by atoms with Crippen LogP contribution in [0, 0.1) is 15.9 Å². The molecule has 0 saturated heterocycles. The highest BCUT2D eigenvalue weighted by Crippen LogP contribution is 2.36. The number of ether oxygens (including phenoxy) is 1. The van der Waals surface area contributed by atoms with Gasteiger partial charge in [-0.3, -0.25) is 10.1 Å². The first-order valence-electron chi connectivity index (χ1n) is 6.13. The summed E-state index contributed by atoms with van der Waals surface area (Å²) in [6.07, 6.45) is 2.34. The van der Waals surface area contributed by atoms with Crippen molar-refractivity contribution in [3.05, 3.63) is 44.7 Å². The van der Waals surface area contributed by atoms with Gasteiger partial charge in [0.15, 0.2) is 0 Å². The molecule has 7 heteroatoms. The third-order valence-corrected chi connectivity index (χ3v) is 3.41. The Labute approximate surface area is 124 Å². The van der Waals surface area contributed by atoms with E-state index in [1.54, 1.807) is 0 Å². The molecule has 20 heavy (non-hydrogen) atoms. The molecular weight excluding hydrogens is 331 g/mol. The summed E-state index contributed by atoms with van der Waals surface area (Å²) in [4.78, 5) is 10.2. The van der Waals surface area contributed by atoms with Crippen molar-refractivity contribution in [2.75, 3.05) is 13.2 Å². The fourth-order valence-corrected chi connectivity index (χ4v) is 2.16. The van der Waals surface area contributed by atoms with E-state index in [1.165, 1.54) is 12.8 Å². The molecular formula is C13H14BrFN2O3. The fourth-order valence-electron chi connectivity index (χ4n) is 1.63. The lowest BCUT2D eigenvalue weighted by Gasteiger charge is -2.11. The summed E-state index contributed by atoms with van der Waals surface area (Å²) >= 11 is 3.07. The highest BCUT2D eigenvalue weighted by Gasteiger charge is 2.22. The lowest BCUT2D eigenvalue weighted by Crippen LogP contribution is -2.21. The number of nitrogens with one attached hydrogen (secondary N) is 1. The largest absolute Gasteiger partial charge is 0.481 e. The number of nitrogens with zero attached hydrogens (tertiary/aromatic N) is 1. The van der Waals surface area contributed by atoms with Crippen molar-refractivity contribution in [1.29, 1.82) is 0 Å². The maximum Gasteiger partial charge on any atom is 0.315 e. The van der Waals surface area contributed by atoms with Crippen molar-refractivity contribution >= 4 is 21.6 Å². The maximum absolute atomic E-state index is 13.2. The van der Waals surface area contributed by atoms with Gasteiger partial charge in [0.2, 0.25) is 5.75 Å². The van der Waals surface area contributed by atoms with Gasteiger partial charge in [0, 0.05) is 12.6 Å². The first kappa shape index (κ1) is 14.9. The van der Waals surface area contributed by atoms with E-state index in [-0.39, 0.29) is 16.8 Å². The molecule has 0 unspecified atom stereocenters. The Morgan fingerprint density at radius 3 is 2.90 bits per heavy atom. The monoisotopic (exact) mass is 344 g/mol. The number of halogens is 2. The van der Waals surface area contributed by atoms with E-state index >= 15 is 0 Å². The molecule has 0 bridgehead atoms. The molecule has 1 aromatic rings. The lowest BCUT2D eigenvalue weighted by atomic mass is 10.2. The second-order valence-electron chi connectivity index (χ2n) is 4.69. The van der Waals surface area contributed by atoms with Gasteiger partial charge in [-0.1, -0.05) is 6.58 Å². The SMILES string of the molecule is C=C(CNC1CC1)COc1c(Br)cc(F)cc1[N+](=O)[O-]. The zero-order valence-corrected chi connectivity index (χ0v) is 12.3. The molecule has 1 fully saturated rings. The van der Waals surface area contributed by atoms with Gasteiger partial charge >= 0.3 is 5.69 Å². The Kier molecular flexibility index (Phi) is 4.72. The summed E-state index contributed by atoms with van der Waals surface area (Å²) in [7, 11) is 0. The van der Waals surface area contributed by atoms with Crippen LogP contribution in [0.3, 0.4) is 0 Å². The van der Waals surface area contributed by atoms with Gasteiger partial charge in [0.25, 0.3) is 0 Å². The third-order valence-electron chi connectivity index (χ3n) is 2.82. The summed E-state index contributed by atoms with van der Waals surface area (Å²) < 4.78 is 18.8. The van der Waals surface area contributed by atoms with E-state index in [0.717, 1.165) is 17.7 Å². The van der Waals surface area contributed by atoms with Crippen LogP contribution in [0.25, 0.3) is 0 Å². The Bertz CT molecular complexity index is 547. The zero-order chi connectivity index (χ0) is 14.7. The molecule has 1 N–H and O–H groups in total. The van der Waals surface area contributed by atoms with E-state index in [1.807, 2.05) is 0 Å². The van der Waals surface area contributed by atoms with Crippen molar-refractivity contribution < 1.29 is 14.1 Å². The number of nitro benzene ring substituents is 1. The number of nitro groups is 1. The highest BCUT2D eigenvalue weighted by atomic mass is 79.9. The Morgan fingerprint density at radius 1 is 1.60 bits per heavy atom. The van der Waals surface area contributed by atoms with Crippen LogP contribution >= 0.6 is 15.9 Å². The summed E-state index contributed by atoms with van der Waals surface area (Å²) in [5.74, 6) is -0.672. The maximum atomic E-state index is 13.2. The van der Waals surface area contributed by atoms with E-state index in [9.17, 15) is 14.5 Å². The predicted octanol–water partition coefficient (Wildman–Crippen LogP) is 3.18. The molecule has 0 radical (unpaired) electrons. The van der Waals surface area contributed by atoms with E-state index in [4.69, 9.17) is 4.74 Å². The third kappa shape index (κ3) is 4.01. The van der Waals surface area contributed by atoms with Gasteiger partial charge in [-0.15, -0.1) is 0 Å². The standard InChI is InChI=1S/C13H14BrFN2O3/c1-8(6-16-10-2-3-10)7-20-13-11(14)4-9(15)5-12(13)17(18)19/h4-5,10,16H,1-3,6-7H2. The molecule has 0 aromatic heterocycles. The van der Waals surface area contributed by atoms with Gasteiger partial charge in [-0.05, 0) is 40.4 Å². The van der Waals surface area contributed by atoms with Gasteiger partial charge in [0.1, 0.15) is 12.4 Å². The molecule has 1 aliphatic carbocycles. The molecule has 0 heterocycles. The average molecular weight is 345 g/mol. The number of hydrogen-bond acceptors (Lipinski definition) is 4. The Morgan fingerprint density at radius 2 is 2.30 bits per heavy atom. The van der Waals surface area contributed by atoms with Crippen molar-refractivity contribution in [1.82, 2.24) is 5.32 Å². The first-order chi connectivity index (χ1) is 9.47. The lowest BCUT2D eigenvalue weighted by molar-refractivity contribution is -0.386. The van der Waals surface area contributed by atoms with Gasteiger partial charge in [-0.2, -0.15) is 0 Å². The predicted molar refractivity (Wildman–Crippen MR) is 76.4 cm³/mol. The van der Waals surface area contributed by atoms with E-state index in [0.29, 0.717) is 12.6 Å². The van der Waals surface area contributed by atoms with Crippen LogP contribution in [0.1, 0.15) is 12.8 Å². The Balaban J connectivity index is 2.00. The molecule has 1 aliphatic rings. The van der Waals surface area contributed by atoms with Crippen LogP contribution in [0.15, 0.2) is 28.8 Å². The first-order valence-corrected chi connectivity index (χ1v) is 6.93. The van der Waals surface area contributed by atoms with Crippen LogP contribution in [0.4, 0.5) is 10.1 Å². The van der Waals surface area contributed by atoms with Crippen molar-refractivity contribution in [2.24, 2.45) is 0 Å². The average Bonchev–Trinajstić information content (AvgIpc) is 3.18. The minimum Gasteiger partial charge on any atom is -0.481 e. The molecule has 0 amide bonds. The van der Waals surface area contributed by atoms with E-state index < -0.39 is 16.4 Å². The number of rotatable bonds is 7. The van der Waals surface area contributed by atoms with Gasteiger partial charge < -0.3 is 10.1 Å². The minimum absolute atomic E-state index is 0.0176. The van der Waals surface area contributed by atoms with Crippen LogP contribution in [0.2, 0.25) is 0 Å². The second kappa shape index (κ2) is 6.32. The molecule has 1 saturated carbocycles. The molecule has 108 valence electrons. The van der Waals surface area contributed by atoms with Crippen LogP contribution in [0.5, 0.6) is 5.75 Å². The van der Waals surface area contributed by atoms with Crippen LogP contribution in [-0.2, 0) is 0 Å². The Hall–Kier alpha value is -1.47. The molecule has 0 aliphatic heterocycles. The quantitative estimate of drug-likeness (QED) is 0.468. The minimum atomic E-state index is -0.690. The van der Waals surface area contributed by atoms with Gasteiger partial charge in [0.05, 0.1) is 15.5 Å². The van der Waals surface area contributed by atoms with Crippen LogP contribution in [-0.4, -0.2) is 24.1 Å². The normalized spacial score (nSPS) is 14.1. The second-order valence-corrected chi connectivity index (χ2v) is 5.54. The molecule has 1 aromatic carbocycles. The van der Waals surface area contributed by atoms with E-state index in [2.05, 4.69) is 27.8 Å². The topological polar surface area (TPSA) is 64.4 Å². The van der Waals surface area contributed by atoms with Crippen molar-refractivity contribution in [3.8, 4) is 5.75 Å². The number of benzene rings is 1. The zero-order valence-electron chi connectivity index (χ0n) is 10.7. The molecule has 0 spiro atoms. The number of hydrogen-bond donors (Lipinski definition) is 1. The highest BCUT2D eigenvalue weighted by molar-refractivity contribution is 9.10. The summed E-state index contributed by atoms with van der Waals surface area (Å²) in [5, 5.41) is 14.2. The summed E-state index contributed by atoms with van der Waals surface area (Å²) in [6.45, 7) is 4.60. The molecule has 2 rings (SSSR count). The fraction of sp³-hybridized carbons (Fsp3) is 0.385. The molecule has 5 nitrogen and oxygen atoms in total. The smallest absolute Gasteiger partial charge is 0.315 e. The van der Waals surface area contributed by atoms with Crippen LogP contribution < -0.4 is 10.1 Å². The summed E-state index contributed by atoms with van der Waals surface area (Å²) in [6, 6.07) is 2.53. The molecule has 0 atom stereocenters.